The van der Waals surface area contributed by atoms with Gasteiger partial charge in [-0.3, -0.25) is 9.48 Å². The van der Waals surface area contributed by atoms with Crippen molar-refractivity contribution >= 4 is 28.6 Å². The molecule has 4 aromatic rings. The van der Waals surface area contributed by atoms with Crippen LogP contribution in [0.25, 0.3) is 21.9 Å². The van der Waals surface area contributed by atoms with Gasteiger partial charge in [-0.25, -0.2) is 4.98 Å². The highest BCUT2D eigenvalue weighted by Gasteiger charge is 2.19. The van der Waals surface area contributed by atoms with Crippen LogP contribution in [0.2, 0.25) is 0 Å². The first-order valence-electron chi connectivity index (χ1n) is 7.92. The average Bonchev–Trinajstić information content (AvgIpc) is 3.41. The van der Waals surface area contributed by atoms with Crippen molar-refractivity contribution in [1.29, 1.82) is 0 Å². The van der Waals surface area contributed by atoms with Gasteiger partial charge in [-0.2, -0.15) is 5.10 Å². The molecule has 4 rings (SSSR count). The molecule has 0 saturated carbocycles. The Morgan fingerprint density at radius 3 is 3.04 bits per heavy atom. The maximum absolute atomic E-state index is 12.0. The molecule has 0 radical (unpaired) electrons. The highest BCUT2D eigenvalue weighted by molar-refractivity contribution is 7.13. The van der Waals surface area contributed by atoms with Crippen molar-refractivity contribution < 1.29 is 9.32 Å². The summed E-state index contributed by atoms with van der Waals surface area (Å²) in [5.41, 5.74) is 4.74. The molecule has 0 unspecified atom stereocenters. The van der Waals surface area contributed by atoms with E-state index in [-0.39, 0.29) is 5.91 Å². The molecule has 0 aliphatic carbocycles. The Balaban J connectivity index is 1.56. The molecule has 0 aliphatic heterocycles. The van der Waals surface area contributed by atoms with Gasteiger partial charge in [0.2, 0.25) is 0 Å². The van der Waals surface area contributed by atoms with E-state index in [0.29, 0.717) is 24.5 Å². The van der Waals surface area contributed by atoms with Gasteiger partial charge >= 0.3 is 0 Å². The van der Waals surface area contributed by atoms with Crippen molar-refractivity contribution in [2.45, 2.75) is 13.5 Å². The van der Waals surface area contributed by atoms with Gasteiger partial charge in [0.1, 0.15) is 5.69 Å². The fourth-order valence-corrected chi connectivity index (χ4v) is 3.91. The zero-order chi connectivity index (χ0) is 17.9. The largest absolute Gasteiger partial charge is 0.356 e. The fourth-order valence-electron chi connectivity index (χ4n) is 2.59. The second kappa shape index (κ2) is 7.22. The van der Waals surface area contributed by atoms with Gasteiger partial charge in [0, 0.05) is 18.0 Å². The molecule has 0 fully saturated rings. The van der Waals surface area contributed by atoms with Crippen LogP contribution in [0.15, 0.2) is 45.2 Å². The van der Waals surface area contributed by atoms with Gasteiger partial charge in [-0.1, -0.05) is 11.2 Å². The lowest BCUT2D eigenvalue weighted by Gasteiger charge is -2.08. The molecule has 4 aromatic heterocycles. The first-order chi connectivity index (χ1) is 12.7. The van der Waals surface area contributed by atoms with E-state index in [1.165, 1.54) is 11.3 Å². The van der Waals surface area contributed by atoms with Crippen LogP contribution >= 0.6 is 22.7 Å². The Morgan fingerprint density at radius 1 is 1.42 bits per heavy atom. The Morgan fingerprint density at radius 2 is 2.35 bits per heavy atom. The highest BCUT2D eigenvalue weighted by atomic mass is 32.1. The monoisotopic (exact) mass is 385 g/mol. The Labute approximate surface area is 157 Å². The first-order valence-corrected chi connectivity index (χ1v) is 9.74. The molecule has 0 bridgehead atoms. The number of hydrogen-bond acceptors (Lipinski definition) is 7. The van der Waals surface area contributed by atoms with E-state index in [1.54, 1.807) is 28.4 Å². The smallest absolute Gasteiger partial charge is 0.270 e. The van der Waals surface area contributed by atoms with Crippen molar-refractivity contribution in [2.75, 3.05) is 6.54 Å². The van der Waals surface area contributed by atoms with Crippen LogP contribution < -0.4 is 5.32 Å². The number of amides is 1. The van der Waals surface area contributed by atoms with Crippen molar-refractivity contribution in [3.63, 3.8) is 0 Å². The summed E-state index contributed by atoms with van der Waals surface area (Å²) in [5.74, 6) is 0.505. The predicted octanol–water partition coefficient (Wildman–Crippen LogP) is 3.46. The van der Waals surface area contributed by atoms with Gasteiger partial charge in [0.15, 0.2) is 5.76 Å². The highest BCUT2D eigenvalue weighted by Crippen LogP contribution is 2.34. The van der Waals surface area contributed by atoms with E-state index >= 15 is 0 Å². The number of nitrogens with zero attached hydrogens (tertiary/aromatic N) is 4. The number of hydrogen-bond donors (Lipinski definition) is 1. The Bertz CT molecular complexity index is 1000. The molecule has 4 heterocycles. The third-order valence-electron chi connectivity index (χ3n) is 3.76. The third kappa shape index (κ3) is 3.31. The Hall–Kier alpha value is -2.78. The van der Waals surface area contributed by atoms with Crippen molar-refractivity contribution in [3.8, 4) is 21.9 Å². The first kappa shape index (κ1) is 16.7. The van der Waals surface area contributed by atoms with Crippen LogP contribution in [0, 0.1) is 6.92 Å². The summed E-state index contributed by atoms with van der Waals surface area (Å²) in [6.07, 6.45) is 1.78. The molecule has 1 N–H and O–H groups in total. The molecule has 7 nitrogen and oxygen atoms in total. The molecule has 0 aromatic carbocycles. The molecular formula is C17H15N5O2S2. The molecule has 26 heavy (non-hydrogen) atoms. The van der Waals surface area contributed by atoms with Crippen LogP contribution in [0.5, 0.6) is 0 Å². The Kier molecular flexibility index (Phi) is 4.63. The van der Waals surface area contributed by atoms with E-state index in [0.717, 1.165) is 21.8 Å². The maximum atomic E-state index is 12.0. The number of thiophene rings is 1. The van der Waals surface area contributed by atoms with Crippen LogP contribution in [-0.2, 0) is 6.54 Å². The molecule has 0 atom stereocenters. The quantitative estimate of drug-likeness (QED) is 0.549. The zero-order valence-electron chi connectivity index (χ0n) is 13.9. The lowest BCUT2D eigenvalue weighted by molar-refractivity contribution is 0.0947. The number of nitrogens with one attached hydrogen (secondary N) is 1. The number of aromatic nitrogens is 4. The minimum absolute atomic E-state index is 0.179. The number of rotatable bonds is 6. The number of aryl methyl sites for hydroxylation is 1. The molecule has 9 heteroatoms. The lowest BCUT2D eigenvalue weighted by atomic mass is 10.1. The number of carbonyl (C=O) groups excluding carboxylic acids is 1. The minimum atomic E-state index is -0.179. The maximum Gasteiger partial charge on any atom is 0.270 e. The van der Waals surface area contributed by atoms with Crippen LogP contribution in [0.4, 0.5) is 0 Å². The zero-order valence-corrected chi connectivity index (χ0v) is 15.5. The second-order valence-corrected chi connectivity index (χ2v) is 7.24. The summed E-state index contributed by atoms with van der Waals surface area (Å²) in [6, 6.07) is 5.93. The summed E-state index contributed by atoms with van der Waals surface area (Å²) in [7, 11) is 0. The molecule has 1 amide bonds. The summed E-state index contributed by atoms with van der Waals surface area (Å²) in [4.78, 5) is 17.1. The van der Waals surface area contributed by atoms with E-state index in [1.807, 2.05) is 35.2 Å². The summed E-state index contributed by atoms with van der Waals surface area (Å²) in [5, 5.41) is 15.1. The topological polar surface area (TPSA) is 85.8 Å². The van der Waals surface area contributed by atoms with Crippen LogP contribution in [-0.4, -0.2) is 32.4 Å². The van der Waals surface area contributed by atoms with E-state index in [4.69, 9.17) is 4.52 Å². The average molecular weight is 385 g/mol. The third-order valence-corrected chi connectivity index (χ3v) is 5.22. The van der Waals surface area contributed by atoms with Crippen molar-refractivity contribution in [2.24, 2.45) is 0 Å². The van der Waals surface area contributed by atoms with Crippen LogP contribution in [0.1, 0.15) is 16.2 Å². The van der Waals surface area contributed by atoms with Gasteiger partial charge < -0.3 is 9.84 Å². The molecule has 0 spiro atoms. The minimum Gasteiger partial charge on any atom is -0.356 e. The normalized spacial score (nSPS) is 11.0. The van der Waals surface area contributed by atoms with Gasteiger partial charge in [0.05, 0.1) is 40.1 Å². The summed E-state index contributed by atoms with van der Waals surface area (Å²) >= 11 is 3.03. The van der Waals surface area contributed by atoms with E-state index < -0.39 is 0 Å². The van der Waals surface area contributed by atoms with Crippen molar-refractivity contribution in [1.82, 2.24) is 25.2 Å². The molecule has 0 saturated heterocycles. The van der Waals surface area contributed by atoms with Gasteiger partial charge in [0.25, 0.3) is 5.91 Å². The standard InChI is InChI=1S/C17H15N5O2S2/c1-11-7-14(24-21-11)12-8-20-22(16(12)15-3-2-6-26-15)5-4-18-17(23)13-9-25-10-19-13/h2-3,6-10H,4-5H2,1H3,(H,18,23). The SMILES string of the molecule is Cc1cc(-c2cnn(CCNC(=O)c3cscn3)c2-c2cccs2)on1. The van der Waals surface area contributed by atoms with E-state index in [2.05, 4.69) is 20.6 Å². The van der Waals surface area contributed by atoms with Crippen LogP contribution in [0.3, 0.4) is 0 Å². The predicted molar refractivity (Wildman–Crippen MR) is 100 cm³/mol. The van der Waals surface area contributed by atoms with Gasteiger partial charge in [-0.15, -0.1) is 22.7 Å². The number of thiazole rings is 1. The second-order valence-electron chi connectivity index (χ2n) is 5.57. The lowest BCUT2D eigenvalue weighted by Crippen LogP contribution is -2.27. The molecular weight excluding hydrogens is 370 g/mol. The number of carbonyl (C=O) groups is 1. The summed E-state index contributed by atoms with van der Waals surface area (Å²) < 4.78 is 7.29. The fraction of sp³-hybridized carbons (Fsp3) is 0.176. The summed E-state index contributed by atoms with van der Waals surface area (Å²) in [6.45, 7) is 2.87. The molecule has 132 valence electrons. The van der Waals surface area contributed by atoms with E-state index in [9.17, 15) is 4.79 Å². The van der Waals surface area contributed by atoms with Crippen molar-refractivity contribution in [3.05, 3.63) is 52.1 Å². The van der Waals surface area contributed by atoms with Gasteiger partial charge in [-0.05, 0) is 18.4 Å². The molecule has 0 aliphatic rings.